The topological polar surface area (TPSA) is 62.8 Å². The first kappa shape index (κ1) is 16.1. The quantitative estimate of drug-likeness (QED) is 0.835. The zero-order chi connectivity index (χ0) is 16.1. The summed E-state index contributed by atoms with van der Waals surface area (Å²) in [6, 6.07) is 5.47. The fourth-order valence-electron chi connectivity index (χ4n) is 3.08. The Morgan fingerprint density at radius 2 is 2.04 bits per heavy atom. The molecule has 2 aliphatic heterocycles. The number of hydrogen-bond donors (Lipinski definition) is 2. The van der Waals surface area contributed by atoms with Gasteiger partial charge in [-0.05, 0) is 57.1 Å². The highest BCUT2D eigenvalue weighted by atomic mass is 16.7. The average Bonchev–Trinajstić information content (AvgIpc) is 3.02. The molecule has 1 aromatic carbocycles. The van der Waals surface area contributed by atoms with Crippen LogP contribution in [-0.2, 0) is 4.79 Å². The number of hydrogen-bond acceptors (Lipinski definition) is 5. The van der Waals surface area contributed by atoms with Crippen LogP contribution in [0.3, 0.4) is 0 Å². The highest BCUT2D eigenvalue weighted by Gasteiger charge is 2.21. The van der Waals surface area contributed by atoms with Crippen molar-refractivity contribution in [3.05, 3.63) is 18.2 Å². The number of nitrogens with one attached hydrogen (secondary N) is 2. The lowest BCUT2D eigenvalue weighted by Gasteiger charge is -2.31. The van der Waals surface area contributed by atoms with Crippen molar-refractivity contribution in [3.63, 3.8) is 0 Å². The summed E-state index contributed by atoms with van der Waals surface area (Å²) in [5, 5.41) is 6.34. The summed E-state index contributed by atoms with van der Waals surface area (Å²) in [6.07, 6.45) is 2.31. The number of carbonyl (C=O) groups excluding carboxylic acids is 1. The van der Waals surface area contributed by atoms with Crippen LogP contribution in [0, 0.1) is 5.92 Å². The molecule has 0 spiro atoms. The van der Waals surface area contributed by atoms with E-state index in [2.05, 4.69) is 22.5 Å². The van der Waals surface area contributed by atoms with E-state index in [0.29, 0.717) is 12.3 Å². The molecule has 0 radical (unpaired) electrons. The monoisotopic (exact) mass is 319 g/mol. The van der Waals surface area contributed by atoms with Gasteiger partial charge in [-0.1, -0.05) is 6.92 Å². The Labute approximate surface area is 137 Å². The summed E-state index contributed by atoms with van der Waals surface area (Å²) >= 11 is 0. The second-order valence-corrected chi connectivity index (χ2v) is 6.14. The molecule has 1 amide bonds. The number of ether oxygens (including phenoxy) is 2. The maximum atomic E-state index is 12.2. The Kier molecular flexibility index (Phi) is 5.35. The molecule has 2 N–H and O–H groups in total. The minimum atomic E-state index is 0.0222. The Balaban J connectivity index is 1.43. The maximum Gasteiger partial charge on any atom is 0.238 e. The first-order valence-corrected chi connectivity index (χ1v) is 8.37. The molecular formula is C17H25N3O3. The largest absolute Gasteiger partial charge is 0.454 e. The van der Waals surface area contributed by atoms with Gasteiger partial charge in [0.1, 0.15) is 0 Å². The van der Waals surface area contributed by atoms with E-state index in [1.807, 2.05) is 18.2 Å². The molecule has 0 atom stereocenters. The Morgan fingerprint density at radius 1 is 1.26 bits per heavy atom. The molecule has 2 heterocycles. The SMILES string of the molecule is CCNCC1CCN(CC(=O)Nc2ccc3c(c2)OCO3)CC1. The number of benzene rings is 1. The van der Waals surface area contributed by atoms with Crippen molar-refractivity contribution in [2.24, 2.45) is 5.92 Å². The van der Waals surface area contributed by atoms with Crippen LogP contribution < -0.4 is 20.1 Å². The van der Waals surface area contributed by atoms with Gasteiger partial charge in [0.2, 0.25) is 12.7 Å². The average molecular weight is 319 g/mol. The van der Waals surface area contributed by atoms with Gasteiger partial charge >= 0.3 is 0 Å². The predicted octanol–water partition coefficient (Wildman–Crippen LogP) is 1.68. The molecule has 2 aliphatic rings. The highest BCUT2D eigenvalue weighted by molar-refractivity contribution is 5.92. The van der Waals surface area contributed by atoms with Gasteiger partial charge < -0.3 is 20.1 Å². The van der Waals surface area contributed by atoms with Gasteiger partial charge in [-0.15, -0.1) is 0 Å². The van der Waals surface area contributed by atoms with Crippen molar-refractivity contribution in [3.8, 4) is 11.5 Å². The summed E-state index contributed by atoms with van der Waals surface area (Å²) in [6.45, 7) is 6.92. The normalized spacial score (nSPS) is 18.1. The minimum Gasteiger partial charge on any atom is -0.454 e. The molecule has 126 valence electrons. The number of nitrogens with zero attached hydrogens (tertiary/aromatic N) is 1. The van der Waals surface area contributed by atoms with Crippen LogP contribution in [0.15, 0.2) is 18.2 Å². The zero-order valence-corrected chi connectivity index (χ0v) is 13.6. The Morgan fingerprint density at radius 3 is 2.83 bits per heavy atom. The summed E-state index contributed by atoms with van der Waals surface area (Å²) in [5.74, 6) is 2.18. The highest BCUT2D eigenvalue weighted by Crippen LogP contribution is 2.34. The van der Waals surface area contributed by atoms with Gasteiger partial charge in [-0.25, -0.2) is 0 Å². The summed E-state index contributed by atoms with van der Waals surface area (Å²) in [4.78, 5) is 14.4. The van der Waals surface area contributed by atoms with Crippen molar-refractivity contribution in [1.82, 2.24) is 10.2 Å². The van der Waals surface area contributed by atoms with Crippen LogP contribution in [0.1, 0.15) is 19.8 Å². The first-order chi connectivity index (χ1) is 11.2. The third-order valence-corrected chi connectivity index (χ3v) is 4.41. The molecule has 6 nitrogen and oxygen atoms in total. The molecule has 1 saturated heterocycles. The lowest BCUT2D eigenvalue weighted by atomic mass is 9.97. The molecule has 23 heavy (non-hydrogen) atoms. The van der Waals surface area contributed by atoms with Gasteiger partial charge in [-0.3, -0.25) is 9.69 Å². The van der Waals surface area contributed by atoms with E-state index in [-0.39, 0.29) is 12.7 Å². The van der Waals surface area contributed by atoms with E-state index in [0.717, 1.165) is 56.4 Å². The minimum absolute atomic E-state index is 0.0222. The van der Waals surface area contributed by atoms with Crippen LogP contribution >= 0.6 is 0 Å². The summed E-state index contributed by atoms with van der Waals surface area (Å²) in [7, 11) is 0. The molecular weight excluding hydrogens is 294 g/mol. The number of anilines is 1. The van der Waals surface area contributed by atoms with Crippen molar-refractivity contribution < 1.29 is 14.3 Å². The maximum absolute atomic E-state index is 12.2. The van der Waals surface area contributed by atoms with Gasteiger partial charge in [0.15, 0.2) is 11.5 Å². The van der Waals surface area contributed by atoms with Gasteiger partial charge in [-0.2, -0.15) is 0 Å². The van der Waals surface area contributed by atoms with Gasteiger partial charge in [0.25, 0.3) is 0 Å². The van der Waals surface area contributed by atoms with Crippen molar-refractivity contribution >= 4 is 11.6 Å². The van der Waals surface area contributed by atoms with E-state index in [4.69, 9.17) is 9.47 Å². The van der Waals surface area contributed by atoms with Crippen molar-refractivity contribution in [2.45, 2.75) is 19.8 Å². The third-order valence-electron chi connectivity index (χ3n) is 4.41. The van der Waals surface area contributed by atoms with Gasteiger partial charge in [0, 0.05) is 11.8 Å². The molecule has 0 aliphatic carbocycles. The van der Waals surface area contributed by atoms with Crippen LogP contribution in [0.25, 0.3) is 0 Å². The van der Waals surface area contributed by atoms with E-state index in [1.165, 1.54) is 0 Å². The molecule has 1 fully saturated rings. The van der Waals surface area contributed by atoms with Crippen LogP contribution in [0.2, 0.25) is 0 Å². The van der Waals surface area contributed by atoms with Crippen LogP contribution in [-0.4, -0.2) is 50.3 Å². The number of rotatable bonds is 6. The van der Waals surface area contributed by atoms with E-state index in [1.54, 1.807) is 0 Å². The zero-order valence-electron chi connectivity index (χ0n) is 13.6. The van der Waals surface area contributed by atoms with Crippen molar-refractivity contribution in [1.29, 1.82) is 0 Å². The fourth-order valence-corrected chi connectivity index (χ4v) is 3.08. The molecule has 0 unspecified atom stereocenters. The molecule has 0 bridgehead atoms. The van der Waals surface area contributed by atoms with Crippen LogP contribution in [0.5, 0.6) is 11.5 Å². The lowest BCUT2D eigenvalue weighted by molar-refractivity contribution is -0.117. The second kappa shape index (κ2) is 7.66. The summed E-state index contributed by atoms with van der Waals surface area (Å²) < 4.78 is 10.6. The third kappa shape index (κ3) is 4.36. The first-order valence-electron chi connectivity index (χ1n) is 8.37. The predicted molar refractivity (Wildman–Crippen MR) is 88.9 cm³/mol. The number of carbonyl (C=O) groups is 1. The Bertz CT molecular complexity index is 542. The number of likely N-dealkylation sites (tertiary alicyclic amines) is 1. The standard InChI is InChI=1S/C17H25N3O3/c1-2-18-10-13-5-7-20(8-6-13)11-17(21)19-14-3-4-15-16(9-14)23-12-22-15/h3-4,9,13,18H,2,5-8,10-12H2,1H3,(H,19,21). The van der Waals surface area contributed by atoms with Gasteiger partial charge in [0.05, 0.1) is 6.54 Å². The molecule has 0 aromatic heterocycles. The molecule has 0 saturated carbocycles. The van der Waals surface area contributed by atoms with Crippen molar-refractivity contribution in [2.75, 3.05) is 44.8 Å². The molecule has 1 aromatic rings. The number of amides is 1. The van der Waals surface area contributed by atoms with E-state index < -0.39 is 0 Å². The van der Waals surface area contributed by atoms with E-state index >= 15 is 0 Å². The smallest absolute Gasteiger partial charge is 0.238 e. The lowest BCUT2D eigenvalue weighted by Crippen LogP contribution is -2.41. The second-order valence-electron chi connectivity index (χ2n) is 6.14. The molecule has 3 rings (SSSR count). The number of fused-ring (bicyclic) bond motifs is 1. The van der Waals surface area contributed by atoms with Crippen LogP contribution in [0.4, 0.5) is 5.69 Å². The fraction of sp³-hybridized carbons (Fsp3) is 0.588. The Hall–Kier alpha value is -1.79. The molecule has 6 heteroatoms. The number of piperidine rings is 1. The summed E-state index contributed by atoms with van der Waals surface area (Å²) in [5.41, 5.74) is 0.751. The van der Waals surface area contributed by atoms with E-state index in [9.17, 15) is 4.79 Å².